The van der Waals surface area contributed by atoms with Crippen LogP contribution < -0.4 is 10.4 Å². The summed E-state index contributed by atoms with van der Waals surface area (Å²) in [6.07, 6.45) is 2.78. The van der Waals surface area contributed by atoms with Gasteiger partial charge in [-0.2, -0.15) is 0 Å². The number of carbonyl (C=O) groups is 2. The average molecular weight is 258 g/mol. The van der Waals surface area contributed by atoms with Crippen molar-refractivity contribution >= 4 is 17.4 Å². The van der Waals surface area contributed by atoms with Gasteiger partial charge in [0.15, 0.2) is 5.78 Å². The Hall–Kier alpha value is -2.10. The SMILES string of the molecule is CC1(C)CC(=O)C=C(Nc2ccccc2C(=O)[O-])C1. The first kappa shape index (κ1) is 13.3. The predicted octanol–water partition coefficient (Wildman–Crippen LogP) is 1.73. The van der Waals surface area contributed by atoms with E-state index in [1.54, 1.807) is 24.3 Å². The summed E-state index contributed by atoms with van der Waals surface area (Å²) in [5.41, 5.74) is 1.19. The van der Waals surface area contributed by atoms with Crippen molar-refractivity contribution in [3.05, 3.63) is 41.6 Å². The average Bonchev–Trinajstić information content (AvgIpc) is 2.26. The van der Waals surface area contributed by atoms with Crippen LogP contribution in [0.2, 0.25) is 0 Å². The van der Waals surface area contributed by atoms with E-state index in [9.17, 15) is 14.7 Å². The maximum absolute atomic E-state index is 11.7. The van der Waals surface area contributed by atoms with Crippen molar-refractivity contribution in [3.63, 3.8) is 0 Å². The van der Waals surface area contributed by atoms with E-state index in [0.29, 0.717) is 18.5 Å². The van der Waals surface area contributed by atoms with Crippen LogP contribution in [0.25, 0.3) is 0 Å². The molecule has 0 atom stereocenters. The molecule has 0 saturated carbocycles. The number of benzene rings is 1. The van der Waals surface area contributed by atoms with E-state index in [2.05, 4.69) is 5.32 Å². The minimum Gasteiger partial charge on any atom is -0.545 e. The molecule has 0 saturated heterocycles. The Bertz CT molecular complexity index is 558. The summed E-state index contributed by atoms with van der Waals surface area (Å²) in [5, 5.41) is 14.1. The third-order valence-electron chi connectivity index (χ3n) is 3.10. The summed E-state index contributed by atoms with van der Waals surface area (Å²) in [7, 11) is 0. The van der Waals surface area contributed by atoms with Crippen LogP contribution in [-0.2, 0) is 4.79 Å². The van der Waals surface area contributed by atoms with Gasteiger partial charge in [-0.1, -0.05) is 32.0 Å². The van der Waals surface area contributed by atoms with Crippen LogP contribution in [0.1, 0.15) is 37.0 Å². The molecule has 1 N–H and O–H groups in total. The van der Waals surface area contributed by atoms with Crippen molar-refractivity contribution in [3.8, 4) is 0 Å². The highest BCUT2D eigenvalue weighted by molar-refractivity contribution is 5.95. The number of rotatable bonds is 3. The fourth-order valence-electron chi connectivity index (χ4n) is 2.37. The number of ketones is 1. The van der Waals surface area contributed by atoms with E-state index < -0.39 is 5.97 Å². The molecule has 1 aliphatic rings. The second-order valence-electron chi connectivity index (χ2n) is 5.61. The first-order valence-corrected chi connectivity index (χ1v) is 6.18. The molecule has 2 rings (SSSR count). The topological polar surface area (TPSA) is 69.2 Å². The molecule has 0 fully saturated rings. The van der Waals surface area contributed by atoms with E-state index in [-0.39, 0.29) is 16.8 Å². The lowest BCUT2D eigenvalue weighted by Gasteiger charge is -2.29. The Kier molecular flexibility index (Phi) is 3.42. The first-order valence-electron chi connectivity index (χ1n) is 6.18. The molecule has 19 heavy (non-hydrogen) atoms. The van der Waals surface area contributed by atoms with Crippen LogP contribution in [-0.4, -0.2) is 11.8 Å². The second-order valence-corrected chi connectivity index (χ2v) is 5.61. The number of anilines is 1. The van der Waals surface area contributed by atoms with Crippen LogP contribution in [0.4, 0.5) is 5.69 Å². The van der Waals surface area contributed by atoms with Gasteiger partial charge in [-0.05, 0) is 17.9 Å². The molecule has 0 aromatic heterocycles. The van der Waals surface area contributed by atoms with Gasteiger partial charge in [-0.15, -0.1) is 0 Å². The zero-order valence-electron chi connectivity index (χ0n) is 11.0. The van der Waals surface area contributed by atoms with E-state index in [4.69, 9.17) is 0 Å². The monoisotopic (exact) mass is 258 g/mol. The van der Waals surface area contributed by atoms with Gasteiger partial charge in [-0.25, -0.2) is 0 Å². The number of hydrogen-bond acceptors (Lipinski definition) is 4. The summed E-state index contributed by atoms with van der Waals surface area (Å²) in [5.74, 6) is -1.17. The molecule has 0 unspecified atom stereocenters. The van der Waals surface area contributed by atoms with Crippen LogP contribution in [0, 0.1) is 5.41 Å². The molecule has 0 amide bonds. The Balaban J connectivity index is 2.27. The quantitative estimate of drug-likeness (QED) is 0.896. The first-order chi connectivity index (χ1) is 8.87. The predicted molar refractivity (Wildman–Crippen MR) is 70.5 cm³/mol. The van der Waals surface area contributed by atoms with Gasteiger partial charge >= 0.3 is 0 Å². The number of aromatic carboxylic acids is 1. The summed E-state index contributed by atoms with van der Waals surface area (Å²) in [4.78, 5) is 22.7. The zero-order valence-corrected chi connectivity index (χ0v) is 11.0. The molecule has 1 aromatic rings. The van der Waals surface area contributed by atoms with Crippen LogP contribution in [0.3, 0.4) is 0 Å². The molecule has 0 bridgehead atoms. The number of carboxylic acid groups (broad SMARTS) is 1. The van der Waals surface area contributed by atoms with Gasteiger partial charge in [-0.3, -0.25) is 4.79 Å². The molecule has 100 valence electrons. The Morgan fingerprint density at radius 3 is 2.58 bits per heavy atom. The van der Waals surface area contributed by atoms with Crippen molar-refractivity contribution in [2.24, 2.45) is 5.41 Å². The van der Waals surface area contributed by atoms with Crippen LogP contribution >= 0.6 is 0 Å². The third-order valence-corrected chi connectivity index (χ3v) is 3.10. The molecule has 1 aliphatic carbocycles. The zero-order chi connectivity index (χ0) is 14.0. The third kappa shape index (κ3) is 3.22. The van der Waals surface area contributed by atoms with Crippen molar-refractivity contribution in [1.82, 2.24) is 0 Å². The number of hydrogen-bond donors (Lipinski definition) is 1. The normalized spacial score (nSPS) is 17.8. The molecule has 4 heteroatoms. The van der Waals surface area contributed by atoms with Gasteiger partial charge < -0.3 is 15.2 Å². The molecule has 0 heterocycles. The molecule has 0 aliphatic heterocycles. The molecule has 4 nitrogen and oxygen atoms in total. The highest BCUT2D eigenvalue weighted by Gasteiger charge is 2.27. The Morgan fingerprint density at radius 1 is 1.26 bits per heavy atom. The lowest BCUT2D eigenvalue weighted by Crippen LogP contribution is -2.26. The van der Waals surface area contributed by atoms with Crippen molar-refractivity contribution in [2.45, 2.75) is 26.7 Å². The highest BCUT2D eigenvalue weighted by Crippen LogP contribution is 2.34. The number of allylic oxidation sites excluding steroid dienone is 2. The molecular formula is C15H16NO3-. The smallest absolute Gasteiger partial charge is 0.157 e. The molecule has 1 aromatic carbocycles. The van der Waals surface area contributed by atoms with Crippen molar-refractivity contribution in [1.29, 1.82) is 0 Å². The van der Waals surface area contributed by atoms with Crippen molar-refractivity contribution < 1.29 is 14.7 Å². The number of carboxylic acids is 1. The summed E-state index contributed by atoms with van der Waals surface area (Å²) < 4.78 is 0. The molecule has 0 radical (unpaired) electrons. The van der Waals surface area contributed by atoms with Gasteiger partial charge in [0.1, 0.15) is 0 Å². The van der Waals surface area contributed by atoms with E-state index in [1.807, 2.05) is 13.8 Å². The molecular weight excluding hydrogens is 242 g/mol. The summed E-state index contributed by atoms with van der Waals surface area (Å²) in [6.45, 7) is 4.04. The second kappa shape index (κ2) is 4.88. The Labute approximate surface area is 112 Å². The van der Waals surface area contributed by atoms with E-state index >= 15 is 0 Å². The largest absolute Gasteiger partial charge is 0.545 e. The number of carbonyl (C=O) groups excluding carboxylic acids is 2. The fraction of sp³-hybridized carbons (Fsp3) is 0.333. The van der Waals surface area contributed by atoms with Gasteiger partial charge in [0.2, 0.25) is 0 Å². The highest BCUT2D eigenvalue weighted by atomic mass is 16.4. The van der Waals surface area contributed by atoms with Crippen LogP contribution in [0.5, 0.6) is 0 Å². The Morgan fingerprint density at radius 2 is 1.95 bits per heavy atom. The van der Waals surface area contributed by atoms with Gasteiger partial charge in [0.25, 0.3) is 0 Å². The fourth-order valence-corrected chi connectivity index (χ4v) is 2.37. The standard InChI is InChI=1S/C15H17NO3/c1-15(2)8-10(7-11(17)9-15)16-13-6-4-3-5-12(13)14(18)19/h3-7,16H,8-9H2,1-2H3,(H,18,19)/p-1. The maximum Gasteiger partial charge on any atom is 0.157 e. The molecule has 0 spiro atoms. The summed E-state index contributed by atoms with van der Waals surface area (Å²) in [6, 6.07) is 6.53. The lowest BCUT2D eigenvalue weighted by molar-refractivity contribution is -0.254. The van der Waals surface area contributed by atoms with Crippen LogP contribution in [0.15, 0.2) is 36.0 Å². The minimum absolute atomic E-state index is 0.0599. The number of nitrogens with one attached hydrogen (secondary N) is 1. The lowest BCUT2D eigenvalue weighted by atomic mass is 9.79. The number of para-hydroxylation sites is 1. The minimum atomic E-state index is -1.23. The van der Waals surface area contributed by atoms with Crippen molar-refractivity contribution in [2.75, 3.05) is 5.32 Å². The van der Waals surface area contributed by atoms with Gasteiger partial charge in [0.05, 0.1) is 5.97 Å². The van der Waals surface area contributed by atoms with E-state index in [0.717, 1.165) is 5.70 Å². The maximum atomic E-state index is 11.7. The van der Waals surface area contributed by atoms with Gasteiger partial charge in [0, 0.05) is 29.4 Å². The van der Waals surface area contributed by atoms with E-state index in [1.165, 1.54) is 6.07 Å². The summed E-state index contributed by atoms with van der Waals surface area (Å²) >= 11 is 0.